The summed E-state index contributed by atoms with van der Waals surface area (Å²) in [5, 5.41) is 0. The largest absolute Gasteiger partial charge is 0.497 e. The van der Waals surface area contributed by atoms with E-state index in [0.29, 0.717) is 5.82 Å². The zero-order chi connectivity index (χ0) is 21.1. The van der Waals surface area contributed by atoms with Gasteiger partial charge in [-0.25, -0.2) is 9.97 Å². The molecule has 0 amide bonds. The van der Waals surface area contributed by atoms with E-state index in [1.807, 2.05) is 49.4 Å². The lowest BCUT2D eigenvalue weighted by atomic mass is 9.88. The number of carbonyl (C=O) groups is 1. The van der Waals surface area contributed by atoms with E-state index in [1.165, 1.54) is 0 Å². The van der Waals surface area contributed by atoms with E-state index in [1.54, 1.807) is 13.3 Å². The first-order chi connectivity index (χ1) is 14.6. The molecule has 0 bridgehead atoms. The standard InChI is InChI=1S/C24H26N4O2/c1-16-17(2)26-23(21-6-4-5-13-25-21)27-24(16)28-14-11-19(12-15-28)22(29)18-7-9-20(30-3)10-8-18/h4-10,13,19H,11-12,14-15H2,1-3H3. The normalized spacial score (nSPS) is 14.6. The van der Waals surface area contributed by atoms with Crippen LogP contribution in [0.3, 0.4) is 0 Å². The van der Waals surface area contributed by atoms with Gasteiger partial charge in [-0.15, -0.1) is 0 Å². The van der Waals surface area contributed by atoms with Gasteiger partial charge in [0, 0.05) is 42.0 Å². The molecule has 4 rings (SSSR count). The Bertz CT molecular complexity index is 1030. The lowest BCUT2D eigenvalue weighted by Crippen LogP contribution is -2.37. The number of rotatable bonds is 5. The minimum atomic E-state index is 0.0353. The van der Waals surface area contributed by atoms with Crippen LogP contribution in [0.5, 0.6) is 5.75 Å². The molecule has 1 fully saturated rings. The van der Waals surface area contributed by atoms with E-state index in [0.717, 1.165) is 60.0 Å². The number of ether oxygens (including phenoxy) is 1. The van der Waals surface area contributed by atoms with Crippen LogP contribution >= 0.6 is 0 Å². The van der Waals surface area contributed by atoms with Crippen molar-refractivity contribution in [1.82, 2.24) is 15.0 Å². The second kappa shape index (κ2) is 8.61. The molecule has 30 heavy (non-hydrogen) atoms. The molecule has 0 N–H and O–H groups in total. The first-order valence-corrected chi connectivity index (χ1v) is 10.3. The summed E-state index contributed by atoms with van der Waals surface area (Å²) in [6, 6.07) is 13.1. The predicted molar refractivity (Wildman–Crippen MR) is 117 cm³/mol. The molecule has 154 valence electrons. The van der Waals surface area contributed by atoms with Crippen LogP contribution < -0.4 is 9.64 Å². The van der Waals surface area contributed by atoms with Crippen LogP contribution in [0, 0.1) is 19.8 Å². The number of Topliss-reactive ketones (excluding diaryl/α,β-unsaturated/α-hetero) is 1. The van der Waals surface area contributed by atoms with E-state index in [9.17, 15) is 4.79 Å². The summed E-state index contributed by atoms with van der Waals surface area (Å²) in [5.74, 6) is 2.60. The maximum absolute atomic E-state index is 12.9. The highest BCUT2D eigenvalue weighted by atomic mass is 16.5. The highest BCUT2D eigenvalue weighted by molar-refractivity contribution is 5.98. The van der Waals surface area contributed by atoms with E-state index in [4.69, 9.17) is 9.72 Å². The first-order valence-electron chi connectivity index (χ1n) is 10.3. The summed E-state index contributed by atoms with van der Waals surface area (Å²) in [6.45, 7) is 5.66. The van der Waals surface area contributed by atoms with Crippen molar-refractivity contribution in [3.8, 4) is 17.3 Å². The highest BCUT2D eigenvalue weighted by Crippen LogP contribution is 2.29. The van der Waals surface area contributed by atoms with Crippen molar-refractivity contribution in [3.63, 3.8) is 0 Å². The van der Waals surface area contributed by atoms with Gasteiger partial charge in [0.15, 0.2) is 11.6 Å². The maximum atomic E-state index is 12.9. The van der Waals surface area contributed by atoms with Gasteiger partial charge in [0.2, 0.25) is 0 Å². The van der Waals surface area contributed by atoms with Crippen molar-refractivity contribution in [1.29, 1.82) is 0 Å². The lowest BCUT2D eigenvalue weighted by Gasteiger charge is -2.33. The average molecular weight is 402 g/mol. The number of carbonyl (C=O) groups excluding carboxylic acids is 1. The first kappa shape index (κ1) is 20.0. The summed E-state index contributed by atoms with van der Waals surface area (Å²) in [5.41, 5.74) is 3.55. The smallest absolute Gasteiger partial charge is 0.180 e. The number of hydrogen-bond donors (Lipinski definition) is 0. The lowest BCUT2D eigenvalue weighted by molar-refractivity contribution is 0.0900. The Kier molecular flexibility index (Phi) is 5.74. The number of nitrogens with zero attached hydrogens (tertiary/aromatic N) is 4. The number of aryl methyl sites for hydroxylation is 1. The molecule has 0 atom stereocenters. The molecule has 2 aromatic heterocycles. The van der Waals surface area contributed by atoms with Crippen molar-refractivity contribution in [2.75, 3.05) is 25.1 Å². The van der Waals surface area contributed by atoms with Crippen LogP contribution in [-0.4, -0.2) is 40.9 Å². The number of ketones is 1. The molecule has 1 aliphatic rings. The van der Waals surface area contributed by atoms with E-state index >= 15 is 0 Å². The molecule has 0 unspecified atom stereocenters. The van der Waals surface area contributed by atoms with Gasteiger partial charge in [0.05, 0.1) is 7.11 Å². The van der Waals surface area contributed by atoms with Crippen LogP contribution in [0.15, 0.2) is 48.7 Å². The Balaban J connectivity index is 1.50. The number of methoxy groups -OCH3 is 1. The fraction of sp³-hybridized carbons (Fsp3) is 0.333. The SMILES string of the molecule is COc1ccc(C(=O)C2CCN(c3nc(-c4ccccn4)nc(C)c3C)CC2)cc1. The van der Waals surface area contributed by atoms with Crippen molar-refractivity contribution in [3.05, 3.63) is 65.5 Å². The highest BCUT2D eigenvalue weighted by Gasteiger charge is 2.27. The quantitative estimate of drug-likeness (QED) is 0.594. The van der Waals surface area contributed by atoms with E-state index in [2.05, 4.69) is 21.8 Å². The number of pyridine rings is 1. The molecule has 0 radical (unpaired) electrons. The summed E-state index contributed by atoms with van der Waals surface area (Å²) < 4.78 is 5.19. The van der Waals surface area contributed by atoms with Gasteiger partial charge >= 0.3 is 0 Å². The van der Waals surface area contributed by atoms with Gasteiger partial charge in [0.1, 0.15) is 17.3 Å². The monoisotopic (exact) mass is 402 g/mol. The predicted octanol–water partition coefficient (Wildman–Crippen LogP) is 4.26. The topological polar surface area (TPSA) is 68.2 Å². The van der Waals surface area contributed by atoms with E-state index < -0.39 is 0 Å². The molecular formula is C24H26N4O2. The Labute approximate surface area is 177 Å². The molecular weight excluding hydrogens is 376 g/mol. The fourth-order valence-corrected chi connectivity index (χ4v) is 3.88. The van der Waals surface area contributed by atoms with Crippen LogP contribution in [0.25, 0.3) is 11.5 Å². The molecule has 1 aliphatic heterocycles. The third-order valence-corrected chi connectivity index (χ3v) is 5.80. The molecule has 3 aromatic rings. The number of aromatic nitrogens is 3. The van der Waals surface area contributed by atoms with Crippen molar-refractivity contribution < 1.29 is 9.53 Å². The maximum Gasteiger partial charge on any atom is 0.180 e. The zero-order valence-electron chi connectivity index (χ0n) is 17.6. The number of piperidine rings is 1. The Morgan fingerprint density at radius 1 is 1.03 bits per heavy atom. The molecule has 0 saturated carbocycles. The summed E-state index contributed by atoms with van der Waals surface area (Å²) in [4.78, 5) is 29.0. The Morgan fingerprint density at radius 3 is 2.40 bits per heavy atom. The van der Waals surface area contributed by atoms with Gasteiger partial charge in [-0.2, -0.15) is 0 Å². The van der Waals surface area contributed by atoms with Gasteiger partial charge in [0.25, 0.3) is 0 Å². The van der Waals surface area contributed by atoms with Crippen molar-refractivity contribution >= 4 is 11.6 Å². The molecule has 0 aliphatic carbocycles. The van der Waals surface area contributed by atoms with Gasteiger partial charge in [-0.3, -0.25) is 9.78 Å². The second-order valence-electron chi connectivity index (χ2n) is 7.65. The van der Waals surface area contributed by atoms with Crippen LogP contribution in [0.2, 0.25) is 0 Å². The van der Waals surface area contributed by atoms with Crippen LogP contribution in [0.4, 0.5) is 5.82 Å². The summed E-state index contributed by atoms with van der Waals surface area (Å²) in [7, 11) is 1.63. The number of anilines is 1. The van der Waals surface area contributed by atoms with Gasteiger partial charge in [-0.1, -0.05) is 6.07 Å². The molecule has 1 aromatic carbocycles. The van der Waals surface area contributed by atoms with Crippen molar-refractivity contribution in [2.24, 2.45) is 5.92 Å². The molecule has 0 spiro atoms. The van der Waals surface area contributed by atoms with Crippen molar-refractivity contribution in [2.45, 2.75) is 26.7 Å². The van der Waals surface area contributed by atoms with Crippen LogP contribution in [-0.2, 0) is 0 Å². The third kappa shape index (κ3) is 4.03. The van der Waals surface area contributed by atoms with Gasteiger partial charge in [-0.05, 0) is 63.1 Å². The van der Waals surface area contributed by atoms with Crippen LogP contribution in [0.1, 0.15) is 34.5 Å². The molecule has 6 nitrogen and oxygen atoms in total. The second-order valence-corrected chi connectivity index (χ2v) is 7.65. The third-order valence-electron chi connectivity index (χ3n) is 5.80. The fourth-order valence-electron chi connectivity index (χ4n) is 3.88. The molecule has 3 heterocycles. The zero-order valence-corrected chi connectivity index (χ0v) is 17.6. The minimum Gasteiger partial charge on any atom is -0.497 e. The van der Waals surface area contributed by atoms with E-state index in [-0.39, 0.29) is 11.7 Å². The minimum absolute atomic E-state index is 0.0353. The summed E-state index contributed by atoms with van der Waals surface area (Å²) >= 11 is 0. The number of benzene rings is 1. The molecule has 1 saturated heterocycles. The summed E-state index contributed by atoms with van der Waals surface area (Å²) in [6.07, 6.45) is 3.38. The molecule has 6 heteroatoms. The average Bonchev–Trinajstić information content (AvgIpc) is 2.81. The number of hydrogen-bond acceptors (Lipinski definition) is 6. The Morgan fingerprint density at radius 2 is 1.77 bits per heavy atom. The Hall–Kier alpha value is -3.28. The van der Waals surface area contributed by atoms with Gasteiger partial charge < -0.3 is 9.64 Å².